The molecule has 1 aromatic carbocycles. The lowest BCUT2D eigenvalue weighted by Gasteiger charge is -2.25. The van der Waals surface area contributed by atoms with Crippen LogP contribution < -0.4 is 4.74 Å². The van der Waals surface area contributed by atoms with Gasteiger partial charge < -0.3 is 29.2 Å². The first kappa shape index (κ1) is 22.5. The molecule has 5 heterocycles. The van der Waals surface area contributed by atoms with Crippen LogP contribution in [-0.2, 0) is 14.3 Å². The number of amides is 1. The number of nitrogens with one attached hydrogen (secondary N) is 1. The van der Waals surface area contributed by atoms with E-state index < -0.39 is 6.10 Å². The average molecular weight is 496 g/mol. The monoisotopic (exact) mass is 495 g/mol. The first-order valence-electron chi connectivity index (χ1n) is 11.8. The summed E-state index contributed by atoms with van der Waals surface area (Å²) in [4.78, 5) is 21.4. The van der Waals surface area contributed by atoms with E-state index in [1.165, 1.54) is 5.57 Å². The van der Waals surface area contributed by atoms with Gasteiger partial charge in [0.25, 0.3) is 0 Å². The second-order valence-electron chi connectivity index (χ2n) is 9.23. The van der Waals surface area contributed by atoms with Crippen molar-refractivity contribution in [1.82, 2.24) is 14.9 Å². The number of aromatic nitrogens is 2. The Kier molecular flexibility index (Phi) is 5.76. The van der Waals surface area contributed by atoms with Gasteiger partial charge >= 0.3 is 0 Å². The summed E-state index contributed by atoms with van der Waals surface area (Å²) in [5.41, 5.74) is 5.52. The van der Waals surface area contributed by atoms with Gasteiger partial charge in [0.05, 0.1) is 35.0 Å². The number of carbonyl (C=O) groups is 1. The van der Waals surface area contributed by atoms with Gasteiger partial charge in [0, 0.05) is 31.6 Å². The highest BCUT2D eigenvalue weighted by atomic mass is 35.5. The predicted molar refractivity (Wildman–Crippen MR) is 131 cm³/mol. The topological polar surface area (TPSA) is 96.9 Å². The summed E-state index contributed by atoms with van der Waals surface area (Å²) in [6.07, 6.45) is 1.41. The third-order valence-electron chi connectivity index (χ3n) is 6.97. The Morgan fingerprint density at radius 1 is 1.17 bits per heavy atom. The molecule has 0 bridgehead atoms. The average Bonchev–Trinajstić information content (AvgIpc) is 3.55. The van der Waals surface area contributed by atoms with Crippen LogP contribution in [-0.4, -0.2) is 76.6 Å². The Morgan fingerprint density at radius 2 is 1.94 bits per heavy atom. The highest BCUT2D eigenvalue weighted by molar-refractivity contribution is 6.33. The Balaban J connectivity index is 1.21. The smallest absolute Gasteiger partial charge is 0.219 e. The van der Waals surface area contributed by atoms with Gasteiger partial charge in [0.15, 0.2) is 12.0 Å². The van der Waals surface area contributed by atoms with Crippen LogP contribution >= 0.6 is 11.6 Å². The third-order valence-corrected chi connectivity index (χ3v) is 7.26. The van der Waals surface area contributed by atoms with Gasteiger partial charge in [0.2, 0.25) is 5.91 Å². The van der Waals surface area contributed by atoms with Crippen LogP contribution in [0.3, 0.4) is 0 Å². The molecular weight excluding hydrogens is 470 g/mol. The van der Waals surface area contributed by atoms with Crippen molar-refractivity contribution in [2.24, 2.45) is 0 Å². The minimum Gasteiger partial charge on any atom is -0.470 e. The summed E-state index contributed by atoms with van der Waals surface area (Å²) in [5.74, 6) is 0.663. The standard InChI is InChI=1S/C26H26ClN3O5/c1-14(31)30-8-6-16(7-9-30)15-2-4-17(5-3-15)24-18(27)10-19-20(29-24)11-23(28-19)35-22-13-34-25-21(32)12-33-26(22)25/h2-6,10-11,21-22,25-26,28,32H,7-9,12-13H2,1H3/t21-,22-,25-,26-/m1/s1. The summed E-state index contributed by atoms with van der Waals surface area (Å²) >= 11 is 6.60. The highest BCUT2D eigenvalue weighted by Gasteiger charge is 2.48. The third kappa shape index (κ3) is 4.21. The molecule has 2 aromatic heterocycles. The molecule has 6 rings (SSSR count). The number of benzene rings is 1. The van der Waals surface area contributed by atoms with E-state index in [1.54, 1.807) is 6.92 Å². The van der Waals surface area contributed by atoms with Crippen LogP contribution in [0.5, 0.6) is 5.88 Å². The molecule has 0 spiro atoms. The number of halogens is 1. The normalized spacial score (nSPS) is 26.1. The summed E-state index contributed by atoms with van der Waals surface area (Å²) in [6, 6.07) is 11.9. The van der Waals surface area contributed by atoms with Gasteiger partial charge in [-0.3, -0.25) is 4.79 Å². The number of hydrogen-bond acceptors (Lipinski definition) is 6. The van der Waals surface area contributed by atoms with Crippen molar-refractivity contribution in [3.63, 3.8) is 0 Å². The summed E-state index contributed by atoms with van der Waals surface area (Å²) in [5, 5.41) is 10.5. The quantitative estimate of drug-likeness (QED) is 0.575. The molecule has 0 unspecified atom stereocenters. The highest BCUT2D eigenvalue weighted by Crippen LogP contribution is 2.34. The molecule has 1 amide bonds. The first-order valence-corrected chi connectivity index (χ1v) is 12.2. The van der Waals surface area contributed by atoms with E-state index in [-0.39, 0.29) is 30.8 Å². The first-order chi connectivity index (χ1) is 17.0. The maximum absolute atomic E-state index is 11.6. The number of ether oxygens (including phenoxy) is 3. The van der Waals surface area contributed by atoms with Crippen molar-refractivity contribution in [2.45, 2.75) is 37.8 Å². The fourth-order valence-electron chi connectivity index (χ4n) is 5.04. The van der Waals surface area contributed by atoms with E-state index in [2.05, 4.69) is 23.2 Å². The number of fused-ring (bicyclic) bond motifs is 2. The molecule has 8 nitrogen and oxygen atoms in total. The summed E-state index contributed by atoms with van der Waals surface area (Å²) in [6.45, 7) is 3.61. The molecule has 3 aliphatic heterocycles. The lowest BCUT2D eigenvalue weighted by Crippen LogP contribution is -2.34. The molecular formula is C26H26ClN3O5. The van der Waals surface area contributed by atoms with Gasteiger partial charge in [0.1, 0.15) is 18.3 Å². The molecule has 3 aliphatic rings. The van der Waals surface area contributed by atoms with Gasteiger partial charge in [-0.2, -0.15) is 0 Å². The van der Waals surface area contributed by atoms with Crippen molar-refractivity contribution in [3.05, 3.63) is 53.1 Å². The SMILES string of the molecule is CC(=O)N1CC=C(c2ccc(-c3nc4cc(O[C@@H]5CO[C@H]6[C@@H]5OC[C@H]6O)[nH]c4cc3Cl)cc2)CC1. The molecule has 0 saturated carbocycles. The second-order valence-corrected chi connectivity index (χ2v) is 9.63. The van der Waals surface area contributed by atoms with E-state index in [4.69, 9.17) is 30.8 Å². The van der Waals surface area contributed by atoms with Crippen LogP contribution in [0.1, 0.15) is 18.9 Å². The number of nitrogens with zero attached hydrogens (tertiary/aromatic N) is 2. The fraction of sp³-hybridized carbons (Fsp3) is 0.385. The molecule has 2 fully saturated rings. The molecule has 0 radical (unpaired) electrons. The van der Waals surface area contributed by atoms with Gasteiger partial charge in [-0.25, -0.2) is 4.98 Å². The Hall–Kier alpha value is -2.91. The van der Waals surface area contributed by atoms with Crippen LogP contribution in [0.15, 0.2) is 42.5 Å². The van der Waals surface area contributed by atoms with Crippen molar-refractivity contribution in [3.8, 4) is 17.1 Å². The zero-order chi connectivity index (χ0) is 24.1. The molecule has 35 heavy (non-hydrogen) atoms. The van der Waals surface area contributed by atoms with E-state index in [9.17, 15) is 9.90 Å². The van der Waals surface area contributed by atoms with E-state index >= 15 is 0 Å². The van der Waals surface area contributed by atoms with Crippen molar-refractivity contribution >= 4 is 34.1 Å². The molecule has 9 heteroatoms. The van der Waals surface area contributed by atoms with Crippen molar-refractivity contribution in [2.75, 3.05) is 26.3 Å². The Bertz CT molecular complexity index is 1300. The molecule has 4 atom stereocenters. The van der Waals surface area contributed by atoms with Crippen molar-refractivity contribution in [1.29, 1.82) is 0 Å². The summed E-state index contributed by atoms with van der Waals surface area (Å²) < 4.78 is 17.4. The molecule has 182 valence electrons. The predicted octanol–water partition coefficient (Wildman–Crippen LogP) is 3.42. The number of hydrogen-bond donors (Lipinski definition) is 2. The van der Waals surface area contributed by atoms with Crippen LogP contribution in [0.25, 0.3) is 27.9 Å². The fourth-order valence-corrected chi connectivity index (χ4v) is 5.30. The van der Waals surface area contributed by atoms with Gasteiger partial charge in [-0.05, 0) is 23.6 Å². The Labute approximate surface area is 207 Å². The van der Waals surface area contributed by atoms with E-state index in [0.717, 1.165) is 35.1 Å². The molecule has 2 N–H and O–H groups in total. The zero-order valence-electron chi connectivity index (χ0n) is 19.2. The minimum atomic E-state index is -0.615. The number of aliphatic hydroxyl groups is 1. The number of aliphatic hydroxyl groups excluding tert-OH is 1. The van der Waals surface area contributed by atoms with Crippen LogP contribution in [0.2, 0.25) is 5.02 Å². The maximum atomic E-state index is 11.6. The van der Waals surface area contributed by atoms with E-state index in [1.807, 2.05) is 29.2 Å². The van der Waals surface area contributed by atoms with Gasteiger partial charge in [-0.15, -0.1) is 0 Å². The molecule has 0 aliphatic carbocycles. The van der Waals surface area contributed by atoms with Crippen LogP contribution in [0.4, 0.5) is 0 Å². The van der Waals surface area contributed by atoms with Gasteiger partial charge in [-0.1, -0.05) is 41.9 Å². The van der Waals surface area contributed by atoms with Crippen molar-refractivity contribution < 1.29 is 24.1 Å². The molecule has 3 aromatic rings. The number of pyridine rings is 1. The summed E-state index contributed by atoms with van der Waals surface area (Å²) in [7, 11) is 0. The Morgan fingerprint density at radius 3 is 2.69 bits per heavy atom. The molecule has 2 saturated heterocycles. The number of H-pyrrole nitrogens is 1. The number of rotatable bonds is 4. The van der Waals surface area contributed by atoms with Crippen LogP contribution in [0, 0.1) is 0 Å². The second kappa shape index (κ2) is 8.95. The minimum absolute atomic E-state index is 0.108. The number of carbonyl (C=O) groups excluding carboxylic acids is 1. The zero-order valence-corrected chi connectivity index (χ0v) is 20.0. The number of aromatic amines is 1. The largest absolute Gasteiger partial charge is 0.470 e. The lowest BCUT2D eigenvalue weighted by molar-refractivity contribution is -0.128. The lowest BCUT2D eigenvalue weighted by atomic mass is 9.97. The van der Waals surface area contributed by atoms with E-state index in [0.29, 0.717) is 29.7 Å². The maximum Gasteiger partial charge on any atom is 0.219 e.